The Morgan fingerprint density at radius 1 is 1.25 bits per heavy atom. The highest BCUT2D eigenvalue weighted by Crippen LogP contribution is 2.20. The quantitative estimate of drug-likeness (QED) is 0.647. The van der Waals surface area contributed by atoms with Gasteiger partial charge in [0.25, 0.3) is 0 Å². The first-order valence-corrected chi connectivity index (χ1v) is 8.53. The Balaban J connectivity index is 1.40. The van der Waals surface area contributed by atoms with Crippen molar-refractivity contribution in [2.75, 3.05) is 50.8 Å². The highest BCUT2D eigenvalue weighted by atomic mass is 16.5. The molecule has 0 bridgehead atoms. The molecule has 0 aliphatic carbocycles. The van der Waals surface area contributed by atoms with Gasteiger partial charge in [-0.3, -0.25) is 4.79 Å². The number of nitrogens with zero attached hydrogens (tertiary/aromatic N) is 1. The summed E-state index contributed by atoms with van der Waals surface area (Å²) in [5, 5.41) is 5.79. The summed E-state index contributed by atoms with van der Waals surface area (Å²) in [6.07, 6.45) is 0.344. The van der Waals surface area contributed by atoms with Crippen molar-refractivity contribution >= 4 is 17.6 Å². The Morgan fingerprint density at radius 2 is 2.00 bits per heavy atom. The molecule has 1 atom stereocenters. The second kappa shape index (κ2) is 8.12. The van der Waals surface area contributed by atoms with Crippen LogP contribution in [0.2, 0.25) is 0 Å². The van der Waals surface area contributed by atoms with Crippen LogP contribution in [0.25, 0.3) is 0 Å². The van der Waals surface area contributed by atoms with Gasteiger partial charge in [-0.25, -0.2) is 4.79 Å². The molecule has 0 aromatic heterocycles. The van der Waals surface area contributed by atoms with Gasteiger partial charge in [0.05, 0.1) is 32.3 Å². The molecule has 0 unspecified atom stereocenters. The normalized spacial score (nSPS) is 21.8. The maximum absolute atomic E-state index is 12.1. The van der Waals surface area contributed by atoms with E-state index in [1.807, 2.05) is 30.3 Å². The van der Waals surface area contributed by atoms with Crippen LogP contribution in [0.3, 0.4) is 0 Å². The molecule has 3 rings (SSSR count). The predicted molar refractivity (Wildman–Crippen MR) is 90.1 cm³/mol. The number of ether oxygens (including phenoxy) is 1. The summed E-state index contributed by atoms with van der Waals surface area (Å²) >= 11 is 0. The van der Waals surface area contributed by atoms with Gasteiger partial charge in [0.1, 0.15) is 13.1 Å². The van der Waals surface area contributed by atoms with E-state index in [9.17, 15) is 9.59 Å². The fraction of sp³-hybridized carbons (Fsp3) is 0.529. The number of amides is 3. The number of urea groups is 1. The van der Waals surface area contributed by atoms with E-state index in [-0.39, 0.29) is 18.0 Å². The van der Waals surface area contributed by atoms with Crippen LogP contribution in [-0.4, -0.2) is 63.9 Å². The standard InChI is InChI=1S/C17H24N4O3/c22-16-12-14(13-21(16)15-4-2-1-3-5-15)19-17(23)18-6-7-20-8-10-24-11-9-20/h1-5,14H,6-13H2,(H2,18,19,23)/p+1/t14-/m0/s1. The molecule has 0 spiro atoms. The molecule has 0 radical (unpaired) electrons. The van der Waals surface area contributed by atoms with Crippen molar-refractivity contribution in [3.8, 4) is 0 Å². The smallest absolute Gasteiger partial charge is 0.315 e. The first-order chi connectivity index (χ1) is 11.7. The minimum absolute atomic E-state index is 0.0456. The second-order valence-electron chi connectivity index (χ2n) is 6.25. The molecule has 24 heavy (non-hydrogen) atoms. The van der Waals surface area contributed by atoms with Gasteiger partial charge in [0, 0.05) is 18.7 Å². The van der Waals surface area contributed by atoms with E-state index in [2.05, 4.69) is 10.6 Å². The predicted octanol–water partition coefficient (Wildman–Crippen LogP) is -0.994. The average Bonchev–Trinajstić information content (AvgIpc) is 2.97. The molecule has 7 heteroatoms. The molecule has 3 N–H and O–H groups in total. The van der Waals surface area contributed by atoms with Gasteiger partial charge in [0.2, 0.25) is 5.91 Å². The van der Waals surface area contributed by atoms with Gasteiger partial charge in [0.15, 0.2) is 0 Å². The third-order valence-electron chi connectivity index (χ3n) is 4.49. The largest absolute Gasteiger partial charge is 0.370 e. The number of anilines is 1. The summed E-state index contributed by atoms with van der Waals surface area (Å²) in [7, 11) is 0. The maximum atomic E-state index is 12.1. The number of morpholine rings is 1. The number of rotatable bonds is 5. The Bertz CT molecular complexity index is 560. The van der Waals surface area contributed by atoms with Gasteiger partial charge >= 0.3 is 6.03 Å². The second-order valence-corrected chi connectivity index (χ2v) is 6.25. The number of carbonyl (C=O) groups is 2. The topological polar surface area (TPSA) is 75.1 Å². The van der Waals surface area contributed by atoms with E-state index < -0.39 is 0 Å². The van der Waals surface area contributed by atoms with E-state index in [1.165, 1.54) is 4.90 Å². The molecule has 130 valence electrons. The summed E-state index contributed by atoms with van der Waals surface area (Å²) in [6.45, 7) is 5.62. The summed E-state index contributed by atoms with van der Waals surface area (Å²) in [5.41, 5.74) is 0.878. The molecule has 1 aromatic carbocycles. The SMILES string of the molecule is O=C(NCC[NH+]1CCOCC1)N[C@H]1CC(=O)N(c2ccccc2)C1. The van der Waals surface area contributed by atoms with E-state index in [0.29, 0.717) is 19.5 Å². The van der Waals surface area contributed by atoms with Crippen LogP contribution in [0.15, 0.2) is 30.3 Å². The number of benzene rings is 1. The molecular weight excluding hydrogens is 308 g/mol. The third-order valence-corrected chi connectivity index (χ3v) is 4.49. The monoisotopic (exact) mass is 333 g/mol. The van der Waals surface area contributed by atoms with Gasteiger partial charge in [-0.2, -0.15) is 0 Å². The van der Waals surface area contributed by atoms with Crippen LogP contribution in [-0.2, 0) is 9.53 Å². The zero-order valence-corrected chi connectivity index (χ0v) is 13.8. The van der Waals surface area contributed by atoms with Crippen LogP contribution in [0.5, 0.6) is 0 Å². The van der Waals surface area contributed by atoms with Gasteiger partial charge < -0.3 is 25.2 Å². The summed E-state index contributed by atoms with van der Waals surface area (Å²) in [6, 6.07) is 9.21. The van der Waals surface area contributed by atoms with Gasteiger partial charge in [-0.1, -0.05) is 18.2 Å². The Kier molecular flexibility index (Phi) is 5.66. The molecule has 2 saturated heterocycles. The Labute approximate surface area is 141 Å². The van der Waals surface area contributed by atoms with E-state index in [4.69, 9.17) is 4.74 Å². The van der Waals surface area contributed by atoms with Crippen molar-refractivity contribution in [1.82, 2.24) is 10.6 Å². The number of hydrogen-bond acceptors (Lipinski definition) is 3. The lowest BCUT2D eigenvalue weighted by Gasteiger charge is -2.23. The van der Waals surface area contributed by atoms with E-state index >= 15 is 0 Å². The minimum Gasteiger partial charge on any atom is -0.370 e. The Morgan fingerprint density at radius 3 is 2.75 bits per heavy atom. The lowest BCUT2D eigenvalue weighted by atomic mass is 10.2. The van der Waals surface area contributed by atoms with Crippen LogP contribution < -0.4 is 20.4 Å². The number of quaternary nitrogens is 1. The van der Waals surface area contributed by atoms with Gasteiger partial charge in [-0.05, 0) is 12.1 Å². The fourth-order valence-corrected chi connectivity index (χ4v) is 3.16. The number of hydrogen-bond donors (Lipinski definition) is 3. The van der Waals surface area contributed by atoms with Crippen LogP contribution in [0, 0.1) is 0 Å². The molecule has 1 aromatic rings. The first kappa shape index (κ1) is 16.7. The maximum Gasteiger partial charge on any atom is 0.315 e. The first-order valence-electron chi connectivity index (χ1n) is 8.53. The number of carbonyl (C=O) groups excluding carboxylic acids is 2. The summed E-state index contributed by atoms with van der Waals surface area (Å²) < 4.78 is 5.32. The molecule has 3 amide bonds. The number of nitrogens with one attached hydrogen (secondary N) is 3. The third kappa shape index (κ3) is 4.46. The molecule has 2 aliphatic rings. The van der Waals surface area contributed by atoms with Crippen molar-refractivity contribution in [2.45, 2.75) is 12.5 Å². The van der Waals surface area contributed by atoms with Gasteiger partial charge in [-0.15, -0.1) is 0 Å². The molecule has 2 heterocycles. The lowest BCUT2D eigenvalue weighted by molar-refractivity contribution is -0.906. The zero-order valence-electron chi connectivity index (χ0n) is 13.8. The number of para-hydroxylation sites is 1. The van der Waals surface area contributed by atoms with E-state index in [0.717, 1.165) is 38.5 Å². The fourth-order valence-electron chi connectivity index (χ4n) is 3.16. The summed E-state index contributed by atoms with van der Waals surface area (Å²) in [5.74, 6) is 0.0456. The molecule has 0 saturated carbocycles. The summed E-state index contributed by atoms with van der Waals surface area (Å²) in [4.78, 5) is 27.3. The van der Waals surface area contributed by atoms with Crippen molar-refractivity contribution in [2.24, 2.45) is 0 Å². The minimum atomic E-state index is -0.199. The van der Waals surface area contributed by atoms with Crippen molar-refractivity contribution in [3.63, 3.8) is 0 Å². The van der Waals surface area contributed by atoms with Crippen LogP contribution in [0.4, 0.5) is 10.5 Å². The highest BCUT2D eigenvalue weighted by Gasteiger charge is 2.31. The van der Waals surface area contributed by atoms with Crippen molar-refractivity contribution in [1.29, 1.82) is 0 Å². The van der Waals surface area contributed by atoms with Crippen molar-refractivity contribution < 1.29 is 19.2 Å². The molecule has 7 nitrogen and oxygen atoms in total. The van der Waals surface area contributed by atoms with Crippen molar-refractivity contribution in [3.05, 3.63) is 30.3 Å². The lowest BCUT2D eigenvalue weighted by Crippen LogP contribution is -3.14. The molecule has 2 fully saturated rings. The molecular formula is C17H25N4O3+. The van der Waals surface area contributed by atoms with Crippen LogP contribution in [0.1, 0.15) is 6.42 Å². The van der Waals surface area contributed by atoms with Crippen LogP contribution >= 0.6 is 0 Å². The average molecular weight is 333 g/mol. The van der Waals surface area contributed by atoms with E-state index in [1.54, 1.807) is 4.90 Å². The highest BCUT2D eigenvalue weighted by molar-refractivity contribution is 5.96. The Hall–Kier alpha value is -2.12. The zero-order chi connectivity index (χ0) is 16.8. The molecule has 2 aliphatic heterocycles.